The van der Waals surface area contributed by atoms with E-state index in [2.05, 4.69) is 5.32 Å². The Morgan fingerprint density at radius 1 is 1.39 bits per heavy atom. The molecule has 1 amide bonds. The van der Waals surface area contributed by atoms with Crippen LogP contribution in [0.15, 0.2) is 18.2 Å². The van der Waals surface area contributed by atoms with E-state index in [4.69, 9.17) is 9.47 Å². The molecule has 0 spiro atoms. The lowest BCUT2D eigenvalue weighted by Crippen LogP contribution is -2.20. The Morgan fingerprint density at radius 3 is 2.72 bits per heavy atom. The van der Waals surface area contributed by atoms with Crippen LogP contribution in [-0.2, 0) is 9.53 Å². The van der Waals surface area contributed by atoms with E-state index in [9.17, 15) is 13.6 Å². The quantitative estimate of drug-likeness (QED) is 0.797. The highest BCUT2D eigenvalue weighted by atomic mass is 19.3. The molecule has 6 heteroatoms. The zero-order valence-corrected chi connectivity index (χ0v) is 10.2. The topological polar surface area (TPSA) is 47.6 Å². The zero-order valence-electron chi connectivity index (χ0n) is 10.2. The number of rotatable bonds is 6. The average molecular weight is 259 g/mol. The molecule has 1 aromatic rings. The molecule has 0 saturated carbocycles. The van der Waals surface area contributed by atoms with Crippen molar-refractivity contribution in [2.24, 2.45) is 0 Å². The maximum absolute atomic E-state index is 12.2. The van der Waals surface area contributed by atoms with Crippen LogP contribution in [0.5, 0.6) is 5.75 Å². The predicted octanol–water partition coefficient (Wildman–Crippen LogP) is 2.22. The molecule has 18 heavy (non-hydrogen) atoms. The minimum absolute atomic E-state index is 0.224. The Hall–Kier alpha value is -1.69. The van der Waals surface area contributed by atoms with Gasteiger partial charge in [0.25, 0.3) is 5.91 Å². The third-order valence-corrected chi connectivity index (χ3v) is 2.14. The molecule has 0 bridgehead atoms. The monoisotopic (exact) mass is 259 g/mol. The molecule has 4 nitrogen and oxygen atoms in total. The lowest BCUT2D eigenvalue weighted by atomic mass is 10.2. The highest BCUT2D eigenvalue weighted by Gasteiger charge is 2.17. The molecule has 0 atom stereocenters. The van der Waals surface area contributed by atoms with Gasteiger partial charge in [-0.3, -0.25) is 4.79 Å². The van der Waals surface area contributed by atoms with Gasteiger partial charge in [-0.25, -0.2) is 0 Å². The van der Waals surface area contributed by atoms with Crippen molar-refractivity contribution in [1.82, 2.24) is 0 Å². The minimum Gasteiger partial charge on any atom is -0.489 e. The standard InChI is InChI=1S/C12H15F2NO3/c1-8-3-4-9(15-12(16)11(13)14)10(7-8)18-6-5-17-2/h3-4,7,11H,5-6H2,1-2H3,(H,15,16). The van der Waals surface area contributed by atoms with Gasteiger partial charge < -0.3 is 14.8 Å². The molecule has 0 aliphatic carbocycles. The summed E-state index contributed by atoms with van der Waals surface area (Å²) in [5.74, 6) is -1.00. The molecule has 0 saturated heterocycles. The number of amides is 1. The largest absolute Gasteiger partial charge is 0.489 e. The molecule has 0 aromatic heterocycles. The zero-order chi connectivity index (χ0) is 13.5. The molecule has 0 aliphatic rings. The summed E-state index contributed by atoms with van der Waals surface area (Å²) in [7, 11) is 1.53. The van der Waals surface area contributed by atoms with Gasteiger partial charge in [-0.15, -0.1) is 0 Å². The third kappa shape index (κ3) is 4.29. The fourth-order valence-electron chi connectivity index (χ4n) is 1.27. The Balaban J connectivity index is 2.79. The van der Waals surface area contributed by atoms with Crippen LogP contribution in [0.3, 0.4) is 0 Å². The van der Waals surface area contributed by atoms with Crippen molar-refractivity contribution in [2.75, 3.05) is 25.6 Å². The molecular formula is C12H15F2NO3. The van der Waals surface area contributed by atoms with Gasteiger partial charge in [0.05, 0.1) is 12.3 Å². The normalized spacial score (nSPS) is 10.5. The molecule has 0 fully saturated rings. The van der Waals surface area contributed by atoms with Gasteiger partial charge in [-0.05, 0) is 24.6 Å². The Labute approximate surface area is 104 Å². The lowest BCUT2D eigenvalue weighted by Gasteiger charge is -2.13. The molecule has 1 rings (SSSR count). The van der Waals surface area contributed by atoms with Gasteiger partial charge in [0, 0.05) is 7.11 Å². The van der Waals surface area contributed by atoms with Gasteiger partial charge in [0.2, 0.25) is 0 Å². The van der Waals surface area contributed by atoms with Crippen LogP contribution in [-0.4, -0.2) is 32.7 Å². The molecule has 1 N–H and O–H groups in total. The SMILES string of the molecule is COCCOc1cc(C)ccc1NC(=O)C(F)F. The van der Waals surface area contributed by atoms with Gasteiger partial charge in [-0.1, -0.05) is 6.07 Å². The van der Waals surface area contributed by atoms with E-state index in [1.807, 2.05) is 6.92 Å². The number of hydrogen-bond acceptors (Lipinski definition) is 3. The Bertz CT molecular complexity index is 410. The minimum atomic E-state index is -3.06. The number of carbonyl (C=O) groups is 1. The third-order valence-electron chi connectivity index (χ3n) is 2.14. The van der Waals surface area contributed by atoms with Crippen molar-refractivity contribution in [1.29, 1.82) is 0 Å². The van der Waals surface area contributed by atoms with E-state index in [0.717, 1.165) is 5.56 Å². The summed E-state index contributed by atoms with van der Waals surface area (Å²) in [5, 5.41) is 2.11. The van der Waals surface area contributed by atoms with Crippen LogP contribution in [0, 0.1) is 6.92 Å². The smallest absolute Gasteiger partial charge is 0.315 e. The maximum atomic E-state index is 12.2. The fraction of sp³-hybridized carbons (Fsp3) is 0.417. The molecule has 100 valence electrons. The molecule has 0 unspecified atom stereocenters. The highest BCUT2D eigenvalue weighted by Crippen LogP contribution is 2.26. The first-order valence-corrected chi connectivity index (χ1v) is 5.36. The second-order valence-electron chi connectivity index (χ2n) is 3.63. The summed E-state index contributed by atoms with van der Waals surface area (Å²) in [6.07, 6.45) is -3.06. The number of carbonyl (C=O) groups excluding carboxylic acids is 1. The molecule has 0 radical (unpaired) electrons. The second-order valence-corrected chi connectivity index (χ2v) is 3.63. The van der Waals surface area contributed by atoms with Crippen molar-refractivity contribution in [2.45, 2.75) is 13.3 Å². The molecule has 1 aromatic carbocycles. The lowest BCUT2D eigenvalue weighted by molar-refractivity contribution is -0.126. The molecule has 0 heterocycles. The number of anilines is 1. The van der Waals surface area contributed by atoms with Crippen molar-refractivity contribution < 1.29 is 23.0 Å². The van der Waals surface area contributed by atoms with Crippen LogP contribution in [0.2, 0.25) is 0 Å². The first kappa shape index (κ1) is 14.4. The van der Waals surface area contributed by atoms with Crippen molar-refractivity contribution >= 4 is 11.6 Å². The van der Waals surface area contributed by atoms with E-state index in [0.29, 0.717) is 12.4 Å². The summed E-state index contributed by atoms with van der Waals surface area (Å²) < 4.78 is 34.5. The van der Waals surface area contributed by atoms with Crippen LogP contribution in [0.4, 0.5) is 14.5 Å². The fourth-order valence-corrected chi connectivity index (χ4v) is 1.27. The van der Waals surface area contributed by atoms with Gasteiger partial charge in [0.15, 0.2) is 0 Å². The number of alkyl halides is 2. The number of aryl methyl sites for hydroxylation is 1. The number of methoxy groups -OCH3 is 1. The van der Waals surface area contributed by atoms with Crippen LogP contribution in [0.1, 0.15) is 5.56 Å². The van der Waals surface area contributed by atoms with E-state index < -0.39 is 12.3 Å². The van der Waals surface area contributed by atoms with E-state index in [1.165, 1.54) is 13.2 Å². The van der Waals surface area contributed by atoms with E-state index in [1.54, 1.807) is 12.1 Å². The summed E-state index contributed by atoms with van der Waals surface area (Å²) >= 11 is 0. The average Bonchev–Trinajstić information content (AvgIpc) is 2.32. The summed E-state index contributed by atoms with van der Waals surface area (Å²) in [6, 6.07) is 4.89. The van der Waals surface area contributed by atoms with Gasteiger partial charge in [-0.2, -0.15) is 8.78 Å². The number of nitrogens with one attached hydrogen (secondary N) is 1. The number of ether oxygens (including phenoxy) is 2. The van der Waals surface area contributed by atoms with Gasteiger partial charge in [0.1, 0.15) is 12.4 Å². The molecular weight excluding hydrogens is 244 g/mol. The van der Waals surface area contributed by atoms with E-state index >= 15 is 0 Å². The number of halogens is 2. The van der Waals surface area contributed by atoms with Crippen molar-refractivity contribution in [3.05, 3.63) is 23.8 Å². The van der Waals surface area contributed by atoms with Crippen LogP contribution < -0.4 is 10.1 Å². The summed E-state index contributed by atoms with van der Waals surface area (Å²) in [4.78, 5) is 10.9. The van der Waals surface area contributed by atoms with Gasteiger partial charge >= 0.3 is 6.43 Å². The van der Waals surface area contributed by atoms with Crippen LogP contribution >= 0.6 is 0 Å². The Morgan fingerprint density at radius 2 is 2.11 bits per heavy atom. The number of benzene rings is 1. The highest BCUT2D eigenvalue weighted by molar-refractivity contribution is 5.94. The predicted molar refractivity (Wildman–Crippen MR) is 63.2 cm³/mol. The maximum Gasteiger partial charge on any atom is 0.315 e. The Kier molecular flexibility index (Phi) is 5.51. The van der Waals surface area contributed by atoms with Crippen LogP contribution in [0.25, 0.3) is 0 Å². The van der Waals surface area contributed by atoms with Crippen molar-refractivity contribution in [3.63, 3.8) is 0 Å². The molecule has 0 aliphatic heterocycles. The first-order chi connectivity index (χ1) is 8.54. The second kappa shape index (κ2) is 6.90. The van der Waals surface area contributed by atoms with Crippen molar-refractivity contribution in [3.8, 4) is 5.75 Å². The summed E-state index contributed by atoms with van der Waals surface area (Å²) in [6.45, 7) is 2.48. The summed E-state index contributed by atoms with van der Waals surface area (Å²) in [5.41, 5.74) is 1.12. The first-order valence-electron chi connectivity index (χ1n) is 5.36. The number of hydrogen-bond donors (Lipinski definition) is 1. The van der Waals surface area contributed by atoms with E-state index in [-0.39, 0.29) is 12.3 Å².